The van der Waals surface area contributed by atoms with Crippen molar-refractivity contribution in [2.75, 3.05) is 6.54 Å². The maximum absolute atomic E-state index is 5.40. The van der Waals surface area contributed by atoms with E-state index in [0.717, 1.165) is 18.5 Å². The third-order valence-corrected chi connectivity index (χ3v) is 2.88. The van der Waals surface area contributed by atoms with E-state index >= 15 is 0 Å². The largest absolute Gasteiger partial charge is 0.311 e. The van der Waals surface area contributed by atoms with Crippen LogP contribution in [0.2, 0.25) is 0 Å². The van der Waals surface area contributed by atoms with Gasteiger partial charge in [0.15, 0.2) is 0 Å². The molecule has 0 aromatic carbocycles. The first kappa shape index (κ1) is 16.4. The lowest BCUT2D eigenvalue weighted by atomic mass is 9.94. The van der Waals surface area contributed by atoms with Crippen molar-refractivity contribution in [2.45, 2.75) is 59.1 Å². The second-order valence-corrected chi connectivity index (χ2v) is 3.90. The van der Waals surface area contributed by atoms with E-state index in [1.54, 1.807) is 0 Å². The van der Waals surface area contributed by atoms with Gasteiger partial charge in [0.2, 0.25) is 0 Å². The molecule has 0 saturated carbocycles. The molecular formula is C14H28N2O. The van der Waals surface area contributed by atoms with E-state index in [2.05, 4.69) is 17.5 Å². The molecule has 0 aliphatic carbocycles. The summed E-state index contributed by atoms with van der Waals surface area (Å²) in [4.78, 5) is 5.11. The zero-order chi connectivity index (χ0) is 13.1. The maximum atomic E-state index is 5.40. The molecular weight excluding hydrogens is 212 g/mol. The molecule has 1 heterocycles. The molecule has 1 aliphatic heterocycles. The fourth-order valence-corrected chi connectivity index (χ4v) is 2.09. The van der Waals surface area contributed by atoms with Crippen LogP contribution < -0.4 is 11.2 Å². The van der Waals surface area contributed by atoms with Crippen LogP contribution in [0.15, 0.2) is 23.8 Å². The Kier molecular flexibility index (Phi) is 10.1. The van der Waals surface area contributed by atoms with Gasteiger partial charge in [0.1, 0.15) is 6.10 Å². The smallest absolute Gasteiger partial charge is 0.119 e. The highest BCUT2D eigenvalue weighted by molar-refractivity contribution is 5.24. The minimum absolute atomic E-state index is 0.0218. The van der Waals surface area contributed by atoms with Gasteiger partial charge >= 0.3 is 0 Å². The van der Waals surface area contributed by atoms with Gasteiger partial charge in [0.25, 0.3) is 0 Å². The van der Waals surface area contributed by atoms with Crippen molar-refractivity contribution in [1.29, 1.82) is 0 Å². The molecule has 0 aromatic heterocycles. The van der Waals surface area contributed by atoms with Crippen molar-refractivity contribution in [3.05, 3.63) is 23.8 Å². The molecule has 1 fully saturated rings. The molecule has 1 saturated heterocycles. The molecule has 3 heteroatoms. The molecule has 0 amide bonds. The van der Waals surface area contributed by atoms with Crippen molar-refractivity contribution < 1.29 is 4.84 Å². The second-order valence-electron chi connectivity index (χ2n) is 3.90. The van der Waals surface area contributed by atoms with Crippen LogP contribution in [0.5, 0.6) is 0 Å². The lowest BCUT2D eigenvalue weighted by Crippen LogP contribution is -2.46. The Hall–Kier alpha value is -0.640. The molecule has 100 valence electrons. The van der Waals surface area contributed by atoms with Crippen LogP contribution in [0.25, 0.3) is 0 Å². The second kappa shape index (κ2) is 10.5. The Morgan fingerprint density at radius 1 is 1.35 bits per heavy atom. The van der Waals surface area contributed by atoms with Gasteiger partial charge in [-0.1, -0.05) is 38.5 Å². The van der Waals surface area contributed by atoms with Crippen LogP contribution >= 0.6 is 0 Å². The summed E-state index contributed by atoms with van der Waals surface area (Å²) in [5.74, 6) is 5.40. The molecule has 0 radical (unpaired) electrons. The number of piperidine rings is 1. The van der Waals surface area contributed by atoms with Gasteiger partial charge in [-0.15, -0.1) is 0 Å². The van der Waals surface area contributed by atoms with Gasteiger partial charge in [0.05, 0.1) is 0 Å². The molecule has 3 nitrogen and oxygen atoms in total. The lowest BCUT2D eigenvalue weighted by molar-refractivity contribution is 0.0453. The zero-order valence-corrected chi connectivity index (χ0v) is 11.7. The van der Waals surface area contributed by atoms with E-state index < -0.39 is 0 Å². The number of hydrogen-bond donors (Lipinski definition) is 2. The fourth-order valence-electron chi connectivity index (χ4n) is 2.09. The molecule has 0 aromatic rings. The van der Waals surface area contributed by atoms with E-state index in [4.69, 9.17) is 10.7 Å². The predicted molar refractivity (Wildman–Crippen MR) is 74.6 cm³/mol. The van der Waals surface area contributed by atoms with E-state index in [-0.39, 0.29) is 6.10 Å². The Bertz CT molecular complexity index is 230. The van der Waals surface area contributed by atoms with Crippen LogP contribution in [0, 0.1) is 0 Å². The van der Waals surface area contributed by atoms with Gasteiger partial charge < -0.3 is 5.32 Å². The first-order chi connectivity index (χ1) is 8.33. The van der Waals surface area contributed by atoms with E-state index in [0.29, 0.717) is 6.04 Å². The van der Waals surface area contributed by atoms with Gasteiger partial charge in [-0.05, 0) is 38.8 Å². The third kappa shape index (κ3) is 5.48. The quantitative estimate of drug-likeness (QED) is 0.586. The maximum Gasteiger partial charge on any atom is 0.119 e. The highest BCUT2D eigenvalue weighted by Crippen LogP contribution is 2.18. The van der Waals surface area contributed by atoms with Crippen LogP contribution in [-0.2, 0) is 4.84 Å². The van der Waals surface area contributed by atoms with Crippen LogP contribution in [0.4, 0.5) is 0 Å². The summed E-state index contributed by atoms with van der Waals surface area (Å²) >= 11 is 0. The number of nitrogens with two attached hydrogens (primary N) is 1. The van der Waals surface area contributed by atoms with Crippen molar-refractivity contribution in [3.63, 3.8) is 0 Å². The van der Waals surface area contributed by atoms with Crippen LogP contribution in [-0.4, -0.2) is 18.7 Å². The average molecular weight is 240 g/mol. The Morgan fingerprint density at radius 3 is 2.47 bits per heavy atom. The molecule has 17 heavy (non-hydrogen) atoms. The SMILES string of the molecule is C/C=C\C(=C/C)C(ON)C1CCCCN1.CC. The number of allylic oxidation sites excluding steroid dienone is 2. The molecule has 2 unspecified atom stereocenters. The standard InChI is InChI=1S/C12H22N2O.C2H6/c1-3-7-10(4-2)12(15-13)11-8-5-6-9-14-11;1-2/h3-4,7,11-12,14H,5-6,8-9,13H2,1-2H3;1-2H3/b7-3-,10-4+;. The van der Waals surface area contributed by atoms with E-state index in [1.165, 1.54) is 12.8 Å². The summed E-state index contributed by atoms with van der Waals surface area (Å²) in [7, 11) is 0. The van der Waals surface area contributed by atoms with Gasteiger partial charge in [-0.2, -0.15) is 0 Å². The summed E-state index contributed by atoms with van der Waals surface area (Å²) in [6, 6.07) is 0.353. The number of hydrogen-bond acceptors (Lipinski definition) is 3. The average Bonchev–Trinajstić information content (AvgIpc) is 2.42. The van der Waals surface area contributed by atoms with Crippen molar-refractivity contribution in [1.82, 2.24) is 5.32 Å². The first-order valence-electron chi connectivity index (χ1n) is 6.71. The van der Waals surface area contributed by atoms with Crippen molar-refractivity contribution in [2.24, 2.45) is 5.90 Å². The highest BCUT2D eigenvalue weighted by Gasteiger charge is 2.25. The molecule has 1 rings (SSSR count). The summed E-state index contributed by atoms with van der Waals surface area (Å²) < 4.78 is 0. The number of nitrogens with one attached hydrogen (secondary N) is 1. The Labute approximate surface area is 106 Å². The minimum Gasteiger partial charge on any atom is -0.311 e. The van der Waals surface area contributed by atoms with Gasteiger partial charge in [-0.3, -0.25) is 4.84 Å². The monoisotopic (exact) mass is 240 g/mol. The lowest BCUT2D eigenvalue weighted by Gasteiger charge is -2.30. The summed E-state index contributed by atoms with van der Waals surface area (Å²) in [5.41, 5.74) is 1.15. The zero-order valence-electron chi connectivity index (χ0n) is 11.7. The molecule has 0 bridgehead atoms. The Balaban J connectivity index is 0.00000121. The highest BCUT2D eigenvalue weighted by atomic mass is 16.6. The molecule has 2 atom stereocenters. The molecule has 3 N–H and O–H groups in total. The molecule has 0 spiro atoms. The summed E-state index contributed by atoms with van der Waals surface area (Å²) in [5, 5.41) is 3.46. The van der Waals surface area contributed by atoms with Gasteiger partial charge in [0, 0.05) is 6.04 Å². The first-order valence-corrected chi connectivity index (χ1v) is 6.71. The molecule has 1 aliphatic rings. The van der Waals surface area contributed by atoms with Crippen LogP contribution in [0.3, 0.4) is 0 Å². The normalized spacial score (nSPS) is 23.1. The van der Waals surface area contributed by atoms with Crippen LogP contribution in [0.1, 0.15) is 47.0 Å². The van der Waals surface area contributed by atoms with Gasteiger partial charge in [-0.25, -0.2) is 5.90 Å². The van der Waals surface area contributed by atoms with E-state index in [1.807, 2.05) is 33.8 Å². The van der Waals surface area contributed by atoms with Crippen molar-refractivity contribution >= 4 is 0 Å². The Morgan fingerprint density at radius 2 is 2.06 bits per heavy atom. The summed E-state index contributed by atoms with van der Waals surface area (Å²) in [6.07, 6.45) is 9.77. The minimum atomic E-state index is -0.0218. The van der Waals surface area contributed by atoms with E-state index in [9.17, 15) is 0 Å². The van der Waals surface area contributed by atoms with Crippen molar-refractivity contribution in [3.8, 4) is 0 Å². The third-order valence-electron chi connectivity index (χ3n) is 2.88. The fraction of sp³-hybridized carbons (Fsp3) is 0.714. The number of rotatable bonds is 4. The predicted octanol–water partition coefficient (Wildman–Crippen LogP) is 2.94. The topological polar surface area (TPSA) is 47.3 Å². The summed E-state index contributed by atoms with van der Waals surface area (Å²) in [6.45, 7) is 9.09.